The van der Waals surface area contributed by atoms with Crippen molar-refractivity contribution in [1.82, 2.24) is 10.3 Å². The summed E-state index contributed by atoms with van der Waals surface area (Å²) in [5.74, 6) is -2.33. The van der Waals surface area contributed by atoms with Crippen LogP contribution in [0.4, 0.5) is 17.6 Å². The topological polar surface area (TPSA) is 42.0 Å². The summed E-state index contributed by atoms with van der Waals surface area (Å²) in [5.41, 5.74) is -0.756. The van der Waals surface area contributed by atoms with Gasteiger partial charge >= 0.3 is 6.18 Å². The first-order chi connectivity index (χ1) is 17.5. The first kappa shape index (κ1) is 26.6. The first-order valence-corrected chi connectivity index (χ1v) is 11.9. The van der Waals surface area contributed by atoms with Crippen LogP contribution in [0.5, 0.6) is 0 Å². The van der Waals surface area contributed by atoms with Gasteiger partial charge in [-0.1, -0.05) is 59.6 Å². The SMILES string of the molecule is Cc1ccc(C(Cc2ccccc2)(NC(=O)c2ccc(F)c(C(F)(F)F)c2)c2cc(Cl)cc(Cl)c2)nc1. The minimum Gasteiger partial charge on any atom is -0.337 e. The van der Waals surface area contributed by atoms with Crippen LogP contribution in [0.1, 0.15) is 38.3 Å². The summed E-state index contributed by atoms with van der Waals surface area (Å²) < 4.78 is 54.0. The number of rotatable bonds is 6. The molecule has 4 rings (SSSR count). The van der Waals surface area contributed by atoms with Gasteiger partial charge in [0.2, 0.25) is 0 Å². The third kappa shape index (κ3) is 5.95. The molecule has 0 radical (unpaired) electrons. The number of benzene rings is 3. The van der Waals surface area contributed by atoms with Crippen LogP contribution in [0.25, 0.3) is 0 Å². The highest BCUT2D eigenvalue weighted by Gasteiger charge is 2.40. The maximum Gasteiger partial charge on any atom is 0.419 e. The Morgan fingerprint density at radius 3 is 2.19 bits per heavy atom. The molecule has 3 aromatic carbocycles. The number of aromatic nitrogens is 1. The lowest BCUT2D eigenvalue weighted by Gasteiger charge is -2.36. The molecule has 0 aliphatic heterocycles. The molecular weight excluding hydrogens is 527 g/mol. The molecule has 1 atom stereocenters. The monoisotopic (exact) mass is 546 g/mol. The molecule has 1 heterocycles. The maximum atomic E-state index is 13.9. The molecule has 1 unspecified atom stereocenters. The second-order valence-electron chi connectivity index (χ2n) is 8.59. The number of nitrogens with one attached hydrogen (secondary N) is 1. The van der Waals surface area contributed by atoms with Crippen molar-refractivity contribution in [2.24, 2.45) is 0 Å². The predicted octanol–water partition coefficient (Wildman–Crippen LogP) is 7.77. The molecule has 1 aromatic heterocycles. The second kappa shape index (κ2) is 10.5. The molecule has 190 valence electrons. The molecule has 37 heavy (non-hydrogen) atoms. The Morgan fingerprint density at radius 2 is 1.59 bits per heavy atom. The molecular formula is C28H20Cl2F4N2O. The van der Waals surface area contributed by atoms with Crippen molar-refractivity contribution < 1.29 is 22.4 Å². The van der Waals surface area contributed by atoms with E-state index in [1.54, 1.807) is 30.5 Å². The van der Waals surface area contributed by atoms with Gasteiger partial charge in [0.25, 0.3) is 5.91 Å². The van der Waals surface area contributed by atoms with E-state index in [4.69, 9.17) is 23.2 Å². The Morgan fingerprint density at radius 1 is 0.919 bits per heavy atom. The fourth-order valence-electron chi connectivity index (χ4n) is 4.09. The van der Waals surface area contributed by atoms with Gasteiger partial charge < -0.3 is 5.32 Å². The summed E-state index contributed by atoms with van der Waals surface area (Å²) in [7, 11) is 0. The fourth-order valence-corrected chi connectivity index (χ4v) is 4.62. The molecule has 0 saturated carbocycles. The Balaban J connectivity index is 1.92. The van der Waals surface area contributed by atoms with Crippen LogP contribution in [0.3, 0.4) is 0 Å². The summed E-state index contributed by atoms with van der Waals surface area (Å²) in [5, 5.41) is 3.48. The highest BCUT2D eigenvalue weighted by molar-refractivity contribution is 6.34. The molecule has 0 aliphatic rings. The quantitative estimate of drug-likeness (QED) is 0.251. The van der Waals surface area contributed by atoms with Gasteiger partial charge in [-0.2, -0.15) is 13.2 Å². The Hall–Kier alpha value is -3.42. The molecule has 0 spiro atoms. The molecule has 0 bridgehead atoms. The zero-order valence-electron chi connectivity index (χ0n) is 19.4. The summed E-state index contributed by atoms with van der Waals surface area (Å²) >= 11 is 12.7. The van der Waals surface area contributed by atoms with Crippen molar-refractivity contribution in [2.45, 2.75) is 25.1 Å². The van der Waals surface area contributed by atoms with Gasteiger partial charge in [-0.05, 0) is 66.1 Å². The first-order valence-electron chi connectivity index (χ1n) is 11.1. The molecule has 0 fully saturated rings. The van der Waals surface area contributed by atoms with E-state index in [2.05, 4.69) is 10.3 Å². The van der Waals surface area contributed by atoms with Crippen molar-refractivity contribution in [1.29, 1.82) is 0 Å². The van der Waals surface area contributed by atoms with Gasteiger partial charge in [-0.25, -0.2) is 4.39 Å². The number of carbonyl (C=O) groups excluding carboxylic acids is 1. The smallest absolute Gasteiger partial charge is 0.337 e. The molecule has 1 amide bonds. The van der Waals surface area contributed by atoms with Gasteiger partial charge in [0, 0.05) is 28.2 Å². The maximum absolute atomic E-state index is 13.9. The minimum absolute atomic E-state index is 0.166. The van der Waals surface area contributed by atoms with Crippen molar-refractivity contribution in [3.63, 3.8) is 0 Å². The van der Waals surface area contributed by atoms with E-state index < -0.39 is 29.0 Å². The van der Waals surface area contributed by atoms with Crippen LogP contribution in [-0.4, -0.2) is 10.9 Å². The van der Waals surface area contributed by atoms with Crippen molar-refractivity contribution in [2.75, 3.05) is 0 Å². The molecule has 0 saturated heterocycles. The van der Waals surface area contributed by atoms with E-state index in [1.165, 1.54) is 6.07 Å². The normalized spacial score (nSPS) is 13.2. The number of nitrogens with zero attached hydrogens (tertiary/aromatic N) is 1. The average molecular weight is 547 g/mol. The number of hydrogen-bond donors (Lipinski definition) is 1. The van der Waals surface area contributed by atoms with Crippen LogP contribution >= 0.6 is 23.2 Å². The van der Waals surface area contributed by atoms with Gasteiger partial charge in [-0.15, -0.1) is 0 Å². The standard InChI is InChI=1S/C28H20Cl2F4N2O/c1-17-7-10-25(35-16-17)27(15-18-5-3-2-4-6-18,20-12-21(29)14-22(30)13-20)36-26(37)19-8-9-24(31)23(11-19)28(32,33)34/h2-14,16H,15H2,1H3,(H,36,37). The van der Waals surface area contributed by atoms with Crippen LogP contribution in [0.2, 0.25) is 10.0 Å². The van der Waals surface area contributed by atoms with Gasteiger partial charge in [0.05, 0.1) is 11.3 Å². The number of carbonyl (C=O) groups is 1. The largest absolute Gasteiger partial charge is 0.419 e. The summed E-state index contributed by atoms with van der Waals surface area (Å²) in [4.78, 5) is 18.1. The Bertz CT molecular complexity index is 1410. The number of alkyl halides is 3. The minimum atomic E-state index is -4.97. The predicted molar refractivity (Wildman–Crippen MR) is 135 cm³/mol. The number of hydrogen-bond acceptors (Lipinski definition) is 2. The third-order valence-corrected chi connectivity index (χ3v) is 6.31. The molecule has 4 aromatic rings. The molecule has 1 N–H and O–H groups in total. The van der Waals surface area contributed by atoms with Crippen LogP contribution in [0, 0.1) is 12.7 Å². The fraction of sp³-hybridized carbons (Fsp3) is 0.143. The summed E-state index contributed by atoms with van der Waals surface area (Å²) in [6.45, 7) is 1.85. The Kier molecular flexibility index (Phi) is 7.57. The number of halogens is 6. The number of amides is 1. The average Bonchev–Trinajstić information content (AvgIpc) is 2.83. The van der Waals surface area contributed by atoms with Crippen LogP contribution in [-0.2, 0) is 18.1 Å². The lowest BCUT2D eigenvalue weighted by molar-refractivity contribution is -0.140. The zero-order chi connectivity index (χ0) is 26.8. The van der Waals surface area contributed by atoms with E-state index in [1.807, 2.05) is 37.3 Å². The van der Waals surface area contributed by atoms with E-state index >= 15 is 0 Å². The molecule has 0 aliphatic carbocycles. The van der Waals surface area contributed by atoms with Crippen molar-refractivity contribution in [3.05, 3.63) is 134 Å². The summed E-state index contributed by atoms with van der Waals surface area (Å²) in [6, 6.07) is 19.6. The van der Waals surface area contributed by atoms with E-state index in [9.17, 15) is 22.4 Å². The lowest BCUT2D eigenvalue weighted by Crippen LogP contribution is -2.49. The zero-order valence-corrected chi connectivity index (χ0v) is 20.9. The van der Waals surface area contributed by atoms with Crippen LogP contribution in [0.15, 0.2) is 85.1 Å². The molecule has 9 heteroatoms. The number of aryl methyl sites for hydroxylation is 1. The highest BCUT2D eigenvalue weighted by atomic mass is 35.5. The van der Waals surface area contributed by atoms with Gasteiger partial charge in [-0.3, -0.25) is 9.78 Å². The van der Waals surface area contributed by atoms with Gasteiger partial charge in [0.15, 0.2) is 0 Å². The molecule has 3 nitrogen and oxygen atoms in total. The van der Waals surface area contributed by atoms with Crippen molar-refractivity contribution >= 4 is 29.1 Å². The lowest BCUT2D eigenvalue weighted by atomic mass is 9.80. The number of pyridine rings is 1. The highest BCUT2D eigenvalue weighted by Crippen LogP contribution is 2.37. The van der Waals surface area contributed by atoms with Gasteiger partial charge in [0.1, 0.15) is 11.4 Å². The Labute approximate surface area is 221 Å². The van der Waals surface area contributed by atoms with Crippen molar-refractivity contribution in [3.8, 4) is 0 Å². The van der Waals surface area contributed by atoms with E-state index in [0.717, 1.165) is 17.2 Å². The second-order valence-corrected chi connectivity index (χ2v) is 9.47. The van der Waals surface area contributed by atoms with E-state index in [-0.39, 0.29) is 12.0 Å². The summed E-state index contributed by atoms with van der Waals surface area (Å²) in [6.07, 6.45) is -3.19. The van der Waals surface area contributed by atoms with E-state index in [0.29, 0.717) is 33.4 Å². The third-order valence-electron chi connectivity index (χ3n) is 5.88. The van der Waals surface area contributed by atoms with Crippen LogP contribution < -0.4 is 5.32 Å².